The molecule has 2 aromatic heterocycles. The molecule has 0 saturated carbocycles. The van der Waals surface area contributed by atoms with E-state index in [-0.39, 0.29) is 0 Å². The van der Waals surface area contributed by atoms with Crippen molar-refractivity contribution in [1.29, 1.82) is 0 Å². The van der Waals surface area contributed by atoms with Crippen LogP contribution in [-0.2, 0) is 13.0 Å². The largest absolute Gasteiger partial charge is 0.490 e. The number of fused-ring (bicyclic) bond motifs is 1. The number of methoxy groups -OCH3 is 1. The summed E-state index contributed by atoms with van der Waals surface area (Å²) >= 11 is 3.26. The second-order valence-electron chi connectivity index (χ2n) is 3.95. The van der Waals surface area contributed by atoms with Crippen molar-refractivity contribution in [2.24, 2.45) is 0 Å². The van der Waals surface area contributed by atoms with Crippen LogP contribution in [-0.4, -0.2) is 18.0 Å². The Morgan fingerprint density at radius 1 is 1.53 bits per heavy atom. The molecule has 6 heteroatoms. The molecular weight excluding hydrogens is 254 g/mol. The van der Waals surface area contributed by atoms with Gasteiger partial charge in [-0.05, 0) is 35.0 Å². The molecule has 0 fully saturated rings. The first-order chi connectivity index (χ1) is 8.29. The normalized spacial score (nSPS) is 14.8. The molecule has 3 heterocycles. The van der Waals surface area contributed by atoms with Gasteiger partial charge in [0.2, 0.25) is 0 Å². The molecule has 90 valence electrons. The third-order valence-electron chi connectivity index (χ3n) is 2.96. The minimum absolute atomic E-state index is 0.489. The highest BCUT2D eigenvalue weighted by Gasteiger charge is 2.23. The fourth-order valence-electron chi connectivity index (χ4n) is 2.10. The Labute approximate surface area is 108 Å². The quantitative estimate of drug-likeness (QED) is 0.907. The zero-order chi connectivity index (χ0) is 11.8. The maximum absolute atomic E-state index is 5.78. The van der Waals surface area contributed by atoms with Crippen molar-refractivity contribution in [2.75, 3.05) is 24.3 Å². The van der Waals surface area contributed by atoms with Crippen molar-refractivity contribution in [2.45, 2.75) is 13.0 Å². The van der Waals surface area contributed by atoms with Crippen LogP contribution in [0.1, 0.15) is 10.4 Å². The lowest BCUT2D eigenvalue weighted by Gasteiger charge is -2.27. The second kappa shape index (κ2) is 4.19. The van der Waals surface area contributed by atoms with E-state index in [9.17, 15) is 0 Å². The van der Waals surface area contributed by atoms with E-state index in [2.05, 4.69) is 20.7 Å². The third kappa shape index (κ3) is 1.77. The molecule has 17 heavy (non-hydrogen) atoms. The molecule has 0 aromatic carbocycles. The van der Waals surface area contributed by atoms with Gasteiger partial charge in [0.15, 0.2) is 16.6 Å². The summed E-state index contributed by atoms with van der Waals surface area (Å²) in [7, 11) is 1.64. The Kier molecular flexibility index (Phi) is 2.68. The summed E-state index contributed by atoms with van der Waals surface area (Å²) < 4.78 is 9.48. The van der Waals surface area contributed by atoms with Crippen molar-refractivity contribution < 1.29 is 4.74 Å². The van der Waals surface area contributed by atoms with Crippen LogP contribution in [0.5, 0.6) is 5.75 Å². The molecule has 1 aliphatic rings. The molecule has 0 amide bonds. The predicted octanol–water partition coefficient (Wildman–Crippen LogP) is 2.36. The van der Waals surface area contributed by atoms with Crippen LogP contribution in [0.2, 0.25) is 0 Å². The average molecular weight is 267 g/mol. The van der Waals surface area contributed by atoms with Crippen molar-refractivity contribution in [3.63, 3.8) is 0 Å². The first kappa shape index (κ1) is 10.9. The highest BCUT2D eigenvalue weighted by atomic mass is 32.1. The maximum atomic E-state index is 5.78. The van der Waals surface area contributed by atoms with Gasteiger partial charge in [-0.2, -0.15) is 4.37 Å². The average Bonchev–Trinajstić information content (AvgIpc) is 2.93. The van der Waals surface area contributed by atoms with Crippen LogP contribution in [0.4, 0.5) is 10.8 Å². The topological polar surface area (TPSA) is 51.4 Å². The number of nitrogen functional groups attached to an aromatic ring is 1. The van der Waals surface area contributed by atoms with Gasteiger partial charge in [-0.25, -0.2) is 0 Å². The fourth-order valence-corrected chi connectivity index (χ4v) is 3.80. The highest BCUT2D eigenvalue weighted by molar-refractivity contribution is 7.11. The van der Waals surface area contributed by atoms with Gasteiger partial charge in [0, 0.05) is 18.0 Å². The number of thiophene rings is 1. The summed E-state index contributed by atoms with van der Waals surface area (Å²) in [5, 5.41) is 3.20. The number of rotatable bonds is 2. The Morgan fingerprint density at radius 3 is 3.24 bits per heavy atom. The Hall–Kier alpha value is -1.27. The lowest BCUT2D eigenvalue weighted by molar-refractivity contribution is 0.417. The molecule has 0 bridgehead atoms. The van der Waals surface area contributed by atoms with E-state index in [4.69, 9.17) is 10.5 Å². The van der Waals surface area contributed by atoms with Crippen molar-refractivity contribution in [1.82, 2.24) is 4.37 Å². The lowest BCUT2D eigenvalue weighted by Crippen LogP contribution is -2.28. The summed E-state index contributed by atoms with van der Waals surface area (Å²) in [6.45, 7) is 1.93. The molecule has 0 saturated heterocycles. The van der Waals surface area contributed by atoms with Gasteiger partial charge in [-0.1, -0.05) is 0 Å². The van der Waals surface area contributed by atoms with E-state index in [0.717, 1.165) is 24.5 Å². The van der Waals surface area contributed by atoms with Gasteiger partial charge >= 0.3 is 0 Å². The number of ether oxygens (including phenoxy) is 1. The molecule has 2 aromatic rings. The molecule has 0 unspecified atom stereocenters. The van der Waals surface area contributed by atoms with Gasteiger partial charge in [0.1, 0.15) is 0 Å². The number of nitrogens with zero attached hydrogens (tertiary/aromatic N) is 2. The van der Waals surface area contributed by atoms with Gasteiger partial charge in [0.05, 0.1) is 7.11 Å². The van der Waals surface area contributed by atoms with E-state index < -0.39 is 0 Å². The molecule has 0 radical (unpaired) electrons. The molecule has 0 aliphatic carbocycles. The number of aromatic nitrogens is 1. The van der Waals surface area contributed by atoms with E-state index in [1.165, 1.54) is 22.0 Å². The highest BCUT2D eigenvalue weighted by Crippen LogP contribution is 2.40. The van der Waals surface area contributed by atoms with Crippen LogP contribution < -0.4 is 15.4 Å². The maximum Gasteiger partial charge on any atom is 0.197 e. The minimum Gasteiger partial charge on any atom is -0.490 e. The smallest absolute Gasteiger partial charge is 0.197 e. The summed E-state index contributed by atoms with van der Waals surface area (Å²) in [4.78, 5) is 3.79. The summed E-state index contributed by atoms with van der Waals surface area (Å²) in [5.41, 5.74) is 7.20. The van der Waals surface area contributed by atoms with Crippen molar-refractivity contribution in [3.8, 4) is 5.75 Å². The first-order valence-corrected chi connectivity index (χ1v) is 7.04. The van der Waals surface area contributed by atoms with E-state index in [1.54, 1.807) is 7.11 Å². The monoisotopic (exact) mass is 267 g/mol. The lowest BCUT2D eigenvalue weighted by atomic mass is 10.1. The van der Waals surface area contributed by atoms with Gasteiger partial charge in [0.25, 0.3) is 0 Å². The molecule has 1 aliphatic heterocycles. The van der Waals surface area contributed by atoms with Crippen LogP contribution in [0.3, 0.4) is 0 Å². The molecule has 2 N–H and O–H groups in total. The zero-order valence-electron chi connectivity index (χ0n) is 9.47. The SMILES string of the molecule is COc1c(N)nsc1N1CCc2sccc2C1. The molecule has 4 nitrogen and oxygen atoms in total. The summed E-state index contributed by atoms with van der Waals surface area (Å²) in [6, 6.07) is 2.20. The fraction of sp³-hybridized carbons (Fsp3) is 0.364. The number of hydrogen-bond donors (Lipinski definition) is 1. The first-order valence-electron chi connectivity index (χ1n) is 5.39. The standard InChI is InChI=1S/C11H13N3OS2/c1-15-9-10(12)13-17-11(9)14-4-2-8-7(6-14)3-5-16-8/h3,5H,2,4,6H2,1H3,(H2,12,13). The summed E-state index contributed by atoms with van der Waals surface area (Å²) in [5.74, 6) is 1.21. The van der Waals surface area contributed by atoms with Gasteiger partial charge in [-0.15, -0.1) is 11.3 Å². The molecule has 0 atom stereocenters. The number of hydrogen-bond acceptors (Lipinski definition) is 6. The van der Waals surface area contributed by atoms with Crippen LogP contribution in [0.15, 0.2) is 11.4 Å². The van der Waals surface area contributed by atoms with Crippen LogP contribution in [0, 0.1) is 0 Å². The molecule has 0 spiro atoms. The number of anilines is 2. The van der Waals surface area contributed by atoms with Gasteiger partial charge < -0.3 is 15.4 Å². The predicted molar refractivity (Wildman–Crippen MR) is 72.2 cm³/mol. The van der Waals surface area contributed by atoms with Crippen LogP contribution >= 0.6 is 22.9 Å². The molecular formula is C11H13N3OS2. The van der Waals surface area contributed by atoms with E-state index >= 15 is 0 Å². The minimum atomic E-state index is 0.489. The Bertz CT molecular complexity index is 535. The van der Waals surface area contributed by atoms with Crippen LogP contribution in [0.25, 0.3) is 0 Å². The third-order valence-corrected chi connectivity index (χ3v) is 4.88. The molecule has 3 rings (SSSR count). The second-order valence-corrected chi connectivity index (χ2v) is 5.70. The van der Waals surface area contributed by atoms with E-state index in [1.807, 2.05) is 11.3 Å². The van der Waals surface area contributed by atoms with Crippen molar-refractivity contribution in [3.05, 3.63) is 21.9 Å². The Morgan fingerprint density at radius 2 is 2.41 bits per heavy atom. The number of nitrogens with two attached hydrogens (primary N) is 1. The van der Waals surface area contributed by atoms with E-state index in [0.29, 0.717) is 11.6 Å². The Balaban J connectivity index is 1.91. The summed E-state index contributed by atoms with van der Waals surface area (Å²) in [6.07, 6.45) is 1.09. The van der Waals surface area contributed by atoms with Gasteiger partial charge in [-0.3, -0.25) is 0 Å². The zero-order valence-corrected chi connectivity index (χ0v) is 11.1. The van der Waals surface area contributed by atoms with Crippen molar-refractivity contribution >= 4 is 33.7 Å².